The molecule has 19 heavy (non-hydrogen) atoms. The Balaban J connectivity index is 3.54. The van der Waals surface area contributed by atoms with E-state index in [0.29, 0.717) is 31.6 Å². The maximum Gasteiger partial charge on any atom is 0.333 e. The van der Waals surface area contributed by atoms with Gasteiger partial charge in [-0.1, -0.05) is 13.0 Å². The molecule has 5 heteroatoms. The number of ether oxygens (including phenoxy) is 1. The molecule has 0 fully saturated rings. The lowest BCUT2D eigenvalue weighted by Crippen LogP contribution is -2.32. The number of hydrogen-bond acceptors (Lipinski definition) is 4. The van der Waals surface area contributed by atoms with E-state index in [4.69, 9.17) is 4.74 Å². The van der Waals surface area contributed by atoms with Crippen molar-refractivity contribution in [2.24, 2.45) is 0 Å². The van der Waals surface area contributed by atoms with Crippen molar-refractivity contribution in [2.45, 2.75) is 39.5 Å². The van der Waals surface area contributed by atoms with Gasteiger partial charge in [-0.25, -0.2) is 4.79 Å². The molecule has 0 unspecified atom stereocenters. The molecule has 0 spiro atoms. The largest absolute Gasteiger partial charge is 0.462 e. The summed E-state index contributed by atoms with van der Waals surface area (Å²) in [6.45, 7) is 8.50. The zero-order chi connectivity index (χ0) is 14.7. The Hall–Kier alpha value is -1.65. The molecule has 0 heterocycles. The Bertz CT molecular complexity index is 325. The standard InChI is InChI=1S/C14H23NO4/c1-4-15(13(17)11-16)9-7-5-6-8-10-19-14(18)12(2)3/h11H,2,4-10H2,1,3H3. The summed E-state index contributed by atoms with van der Waals surface area (Å²) in [6, 6.07) is 0. The second-order valence-electron chi connectivity index (χ2n) is 4.37. The number of unbranched alkanes of at least 4 members (excludes halogenated alkanes) is 3. The Morgan fingerprint density at radius 3 is 2.37 bits per heavy atom. The second-order valence-corrected chi connectivity index (χ2v) is 4.37. The number of carbonyl (C=O) groups is 3. The van der Waals surface area contributed by atoms with Crippen LogP contribution in [0.4, 0.5) is 0 Å². The average Bonchev–Trinajstić information content (AvgIpc) is 2.40. The molecule has 5 nitrogen and oxygen atoms in total. The molecule has 0 radical (unpaired) electrons. The molecule has 0 rings (SSSR count). The van der Waals surface area contributed by atoms with Gasteiger partial charge in [-0.15, -0.1) is 0 Å². The van der Waals surface area contributed by atoms with Crippen LogP contribution in [0.1, 0.15) is 39.5 Å². The zero-order valence-corrected chi connectivity index (χ0v) is 11.8. The second kappa shape index (κ2) is 10.3. The van der Waals surface area contributed by atoms with E-state index >= 15 is 0 Å². The lowest BCUT2D eigenvalue weighted by Gasteiger charge is -2.17. The average molecular weight is 269 g/mol. The minimum absolute atomic E-state index is 0.348. The lowest BCUT2D eigenvalue weighted by molar-refractivity contribution is -0.139. The number of esters is 1. The minimum Gasteiger partial charge on any atom is -0.462 e. The molecule has 0 saturated carbocycles. The fourth-order valence-electron chi connectivity index (χ4n) is 1.55. The van der Waals surface area contributed by atoms with Crippen molar-refractivity contribution in [3.63, 3.8) is 0 Å². The highest BCUT2D eigenvalue weighted by molar-refractivity contribution is 6.23. The van der Waals surface area contributed by atoms with Gasteiger partial charge in [0.1, 0.15) is 0 Å². The van der Waals surface area contributed by atoms with Gasteiger partial charge < -0.3 is 9.64 Å². The van der Waals surface area contributed by atoms with Gasteiger partial charge in [0.25, 0.3) is 5.91 Å². The van der Waals surface area contributed by atoms with Crippen molar-refractivity contribution in [2.75, 3.05) is 19.7 Å². The summed E-state index contributed by atoms with van der Waals surface area (Å²) in [5.74, 6) is -0.813. The molecule has 0 N–H and O–H groups in total. The van der Waals surface area contributed by atoms with Gasteiger partial charge in [0.2, 0.25) is 6.29 Å². The highest BCUT2D eigenvalue weighted by Crippen LogP contribution is 2.03. The number of likely N-dealkylation sites (N-methyl/N-ethyl adjacent to an activating group) is 1. The van der Waals surface area contributed by atoms with Crippen LogP contribution in [-0.4, -0.2) is 42.8 Å². The third-order valence-corrected chi connectivity index (χ3v) is 2.70. The summed E-state index contributed by atoms with van der Waals surface area (Å²) in [5.41, 5.74) is 0.408. The third-order valence-electron chi connectivity index (χ3n) is 2.70. The van der Waals surface area contributed by atoms with Crippen molar-refractivity contribution in [3.05, 3.63) is 12.2 Å². The van der Waals surface area contributed by atoms with Gasteiger partial charge in [-0.05, 0) is 33.1 Å². The monoisotopic (exact) mass is 269 g/mol. The molecule has 0 aromatic carbocycles. The first kappa shape index (κ1) is 17.4. The van der Waals surface area contributed by atoms with E-state index in [1.807, 2.05) is 6.92 Å². The molecular formula is C14H23NO4. The van der Waals surface area contributed by atoms with Gasteiger partial charge >= 0.3 is 5.97 Å². The maximum atomic E-state index is 11.1. The quantitative estimate of drug-likeness (QED) is 0.199. The Morgan fingerprint density at radius 2 is 1.84 bits per heavy atom. The molecule has 108 valence electrons. The molecule has 0 aliphatic heterocycles. The number of carbonyl (C=O) groups excluding carboxylic acids is 3. The third kappa shape index (κ3) is 8.13. The van der Waals surface area contributed by atoms with Crippen LogP contribution in [0.25, 0.3) is 0 Å². The summed E-state index contributed by atoms with van der Waals surface area (Å²) in [4.78, 5) is 34.1. The van der Waals surface area contributed by atoms with Gasteiger partial charge in [0, 0.05) is 18.7 Å². The minimum atomic E-state index is -0.460. The number of rotatable bonds is 10. The lowest BCUT2D eigenvalue weighted by atomic mass is 10.2. The molecule has 0 aromatic heterocycles. The van der Waals surface area contributed by atoms with Crippen LogP contribution in [0.15, 0.2) is 12.2 Å². The maximum absolute atomic E-state index is 11.1. The molecule has 0 aromatic rings. The topological polar surface area (TPSA) is 63.7 Å². The summed E-state index contributed by atoms with van der Waals surface area (Å²) in [5, 5.41) is 0. The molecule has 0 saturated heterocycles. The highest BCUT2D eigenvalue weighted by atomic mass is 16.5. The summed E-state index contributed by atoms with van der Waals surface area (Å²) < 4.78 is 4.96. The van der Waals surface area contributed by atoms with Crippen LogP contribution >= 0.6 is 0 Å². The van der Waals surface area contributed by atoms with Gasteiger partial charge in [-0.3, -0.25) is 9.59 Å². The first-order chi connectivity index (χ1) is 9.02. The fraction of sp³-hybridized carbons (Fsp3) is 0.643. The predicted molar refractivity (Wildman–Crippen MR) is 72.6 cm³/mol. The Kier molecular flexibility index (Phi) is 9.40. The first-order valence-corrected chi connectivity index (χ1v) is 6.59. The van der Waals surface area contributed by atoms with Crippen LogP contribution in [-0.2, 0) is 19.1 Å². The number of hydrogen-bond donors (Lipinski definition) is 0. The van der Waals surface area contributed by atoms with E-state index in [9.17, 15) is 14.4 Å². The van der Waals surface area contributed by atoms with Crippen LogP contribution in [0.2, 0.25) is 0 Å². The Morgan fingerprint density at radius 1 is 1.21 bits per heavy atom. The summed E-state index contributed by atoms with van der Waals surface area (Å²) in [6.07, 6.45) is 3.86. The van der Waals surface area contributed by atoms with Crippen LogP contribution in [0, 0.1) is 0 Å². The highest BCUT2D eigenvalue weighted by Gasteiger charge is 2.08. The molecule has 1 amide bonds. The van der Waals surface area contributed by atoms with Crippen molar-refractivity contribution in [1.29, 1.82) is 0 Å². The van der Waals surface area contributed by atoms with E-state index in [1.54, 1.807) is 6.92 Å². The SMILES string of the molecule is C=C(C)C(=O)OCCCCCCN(CC)C(=O)C=O. The molecule has 0 bridgehead atoms. The van der Waals surface area contributed by atoms with E-state index in [1.165, 1.54) is 4.90 Å². The van der Waals surface area contributed by atoms with E-state index in [-0.39, 0.29) is 5.97 Å². The van der Waals surface area contributed by atoms with Crippen LogP contribution in [0.3, 0.4) is 0 Å². The van der Waals surface area contributed by atoms with E-state index in [2.05, 4.69) is 6.58 Å². The molecular weight excluding hydrogens is 246 g/mol. The zero-order valence-electron chi connectivity index (χ0n) is 11.8. The first-order valence-electron chi connectivity index (χ1n) is 6.59. The van der Waals surface area contributed by atoms with E-state index < -0.39 is 5.91 Å². The molecule has 0 aliphatic carbocycles. The number of nitrogens with zero attached hydrogens (tertiary/aromatic N) is 1. The normalized spacial score (nSPS) is 9.79. The van der Waals surface area contributed by atoms with E-state index in [0.717, 1.165) is 25.7 Å². The van der Waals surface area contributed by atoms with Gasteiger partial charge in [0.05, 0.1) is 6.61 Å². The van der Waals surface area contributed by atoms with Gasteiger partial charge in [-0.2, -0.15) is 0 Å². The smallest absolute Gasteiger partial charge is 0.333 e. The fourth-order valence-corrected chi connectivity index (χ4v) is 1.55. The van der Waals surface area contributed by atoms with Crippen molar-refractivity contribution < 1.29 is 19.1 Å². The van der Waals surface area contributed by atoms with Gasteiger partial charge in [0.15, 0.2) is 0 Å². The number of amides is 1. The van der Waals surface area contributed by atoms with Crippen LogP contribution < -0.4 is 0 Å². The number of aldehydes is 1. The van der Waals surface area contributed by atoms with Crippen molar-refractivity contribution >= 4 is 18.2 Å². The molecule has 0 aliphatic rings. The summed E-state index contributed by atoms with van der Waals surface area (Å²) in [7, 11) is 0. The van der Waals surface area contributed by atoms with Crippen molar-refractivity contribution in [1.82, 2.24) is 4.90 Å². The Labute approximate surface area is 114 Å². The van der Waals surface area contributed by atoms with Crippen molar-refractivity contribution in [3.8, 4) is 0 Å². The molecule has 0 atom stereocenters. The van der Waals surface area contributed by atoms with Crippen LogP contribution in [0.5, 0.6) is 0 Å². The predicted octanol–water partition coefficient (Wildman–Crippen LogP) is 1.71. The summed E-state index contributed by atoms with van der Waals surface area (Å²) >= 11 is 0.